The molecule has 1 N–H and O–H groups in total. The van der Waals surface area contributed by atoms with Crippen molar-refractivity contribution >= 4 is 22.5 Å². The second-order valence-electron chi connectivity index (χ2n) is 7.14. The van der Waals surface area contributed by atoms with Crippen molar-refractivity contribution in [3.63, 3.8) is 0 Å². The number of fused-ring (bicyclic) bond motifs is 1. The molecule has 0 atom stereocenters. The van der Waals surface area contributed by atoms with E-state index in [0.29, 0.717) is 44.2 Å². The van der Waals surface area contributed by atoms with Gasteiger partial charge in [0.2, 0.25) is 0 Å². The van der Waals surface area contributed by atoms with Gasteiger partial charge >= 0.3 is 6.18 Å². The number of alkyl halides is 3. The lowest BCUT2D eigenvalue weighted by Crippen LogP contribution is -2.10. The van der Waals surface area contributed by atoms with Crippen molar-refractivity contribution < 1.29 is 22.6 Å². The number of hydrogen-bond donors (Lipinski definition) is 1. The Balaban J connectivity index is 1.65. The van der Waals surface area contributed by atoms with Gasteiger partial charge < -0.3 is 14.5 Å². The zero-order valence-electron chi connectivity index (χ0n) is 17.0. The standard InChI is InChI=1S/C24H17ClF3NO3/c1-13-22(23(30)18-11-19(25)21(31-2)12-20(18)29-13)14-3-7-16(8-4-14)32-17-9-5-15(6-10-17)24(26,27)28/h3-12H,1-2H3,(H,29,30). The molecule has 4 aromatic rings. The number of methoxy groups -OCH3 is 1. The highest BCUT2D eigenvalue weighted by Crippen LogP contribution is 2.33. The van der Waals surface area contributed by atoms with Gasteiger partial charge in [-0.1, -0.05) is 23.7 Å². The number of rotatable bonds is 4. The molecule has 0 aliphatic carbocycles. The van der Waals surface area contributed by atoms with Crippen LogP contribution in [0.4, 0.5) is 13.2 Å². The van der Waals surface area contributed by atoms with Crippen LogP contribution in [0.2, 0.25) is 5.02 Å². The lowest BCUT2D eigenvalue weighted by atomic mass is 10.0. The van der Waals surface area contributed by atoms with Crippen LogP contribution >= 0.6 is 11.6 Å². The van der Waals surface area contributed by atoms with Gasteiger partial charge in [-0.2, -0.15) is 13.2 Å². The number of halogens is 4. The number of benzene rings is 3. The Bertz CT molecular complexity index is 1350. The van der Waals surface area contributed by atoms with Crippen molar-refractivity contribution in [3.8, 4) is 28.4 Å². The third-order valence-electron chi connectivity index (χ3n) is 5.02. The van der Waals surface area contributed by atoms with E-state index < -0.39 is 11.7 Å². The lowest BCUT2D eigenvalue weighted by molar-refractivity contribution is -0.137. The van der Waals surface area contributed by atoms with Gasteiger partial charge in [0.25, 0.3) is 0 Å². The fourth-order valence-corrected chi connectivity index (χ4v) is 3.70. The van der Waals surface area contributed by atoms with E-state index in [0.717, 1.165) is 12.1 Å². The molecule has 0 amide bonds. The third-order valence-corrected chi connectivity index (χ3v) is 5.32. The largest absolute Gasteiger partial charge is 0.495 e. The van der Waals surface area contributed by atoms with Crippen LogP contribution in [-0.2, 0) is 6.18 Å². The van der Waals surface area contributed by atoms with Gasteiger partial charge in [-0.05, 0) is 55.0 Å². The van der Waals surface area contributed by atoms with Gasteiger partial charge in [0.1, 0.15) is 17.2 Å². The van der Waals surface area contributed by atoms with Crippen LogP contribution < -0.4 is 14.9 Å². The fraction of sp³-hybridized carbons (Fsp3) is 0.125. The van der Waals surface area contributed by atoms with E-state index in [1.54, 1.807) is 43.3 Å². The van der Waals surface area contributed by atoms with Crippen LogP contribution in [0.3, 0.4) is 0 Å². The number of aromatic amines is 1. The van der Waals surface area contributed by atoms with Crippen LogP contribution in [0.15, 0.2) is 65.5 Å². The molecule has 4 nitrogen and oxygen atoms in total. The van der Waals surface area contributed by atoms with E-state index >= 15 is 0 Å². The summed E-state index contributed by atoms with van der Waals surface area (Å²) in [5, 5.41) is 0.766. The summed E-state index contributed by atoms with van der Waals surface area (Å²) >= 11 is 6.19. The molecule has 0 saturated carbocycles. The first-order valence-electron chi connectivity index (χ1n) is 9.53. The molecular formula is C24H17ClF3NO3. The van der Waals surface area contributed by atoms with E-state index in [4.69, 9.17) is 21.1 Å². The zero-order chi connectivity index (χ0) is 23.0. The molecule has 0 fully saturated rings. The molecule has 0 aliphatic rings. The molecule has 3 aromatic carbocycles. The lowest BCUT2D eigenvalue weighted by Gasteiger charge is -2.12. The minimum Gasteiger partial charge on any atom is -0.495 e. The molecule has 0 unspecified atom stereocenters. The second-order valence-corrected chi connectivity index (χ2v) is 7.54. The van der Waals surface area contributed by atoms with Gasteiger partial charge in [0, 0.05) is 22.7 Å². The van der Waals surface area contributed by atoms with Gasteiger partial charge in [-0.3, -0.25) is 4.79 Å². The Morgan fingerprint density at radius 3 is 2.09 bits per heavy atom. The summed E-state index contributed by atoms with van der Waals surface area (Å²) in [7, 11) is 1.50. The molecule has 164 valence electrons. The first-order valence-corrected chi connectivity index (χ1v) is 9.91. The Morgan fingerprint density at radius 2 is 1.53 bits per heavy atom. The average molecular weight is 460 g/mol. The summed E-state index contributed by atoms with van der Waals surface area (Å²) in [5.74, 6) is 1.16. The van der Waals surface area contributed by atoms with Crippen molar-refractivity contribution in [1.29, 1.82) is 0 Å². The maximum atomic E-state index is 13.1. The topological polar surface area (TPSA) is 51.3 Å². The number of aryl methyl sites for hydroxylation is 1. The van der Waals surface area contributed by atoms with Crippen molar-refractivity contribution in [2.75, 3.05) is 7.11 Å². The SMILES string of the molecule is COc1cc2[nH]c(C)c(-c3ccc(Oc4ccc(C(F)(F)F)cc4)cc3)c(=O)c2cc1Cl. The quantitative estimate of drug-likeness (QED) is 0.358. The molecule has 1 aromatic heterocycles. The molecule has 0 bridgehead atoms. The van der Waals surface area contributed by atoms with Crippen molar-refractivity contribution in [3.05, 3.63) is 87.2 Å². The molecular weight excluding hydrogens is 443 g/mol. The number of ether oxygens (including phenoxy) is 2. The third kappa shape index (κ3) is 4.16. The van der Waals surface area contributed by atoms with Crippen LogP contribution in [0, 0.1) is 6.92 Å². The van der Waals surface area contributed by atoms with Crippen LogP contribution in [0.1, 0.15) is 11.3 Å². The Hall–Kier alpha value is -3.45. The summed E-state index contributed by atoms with van der Waals surface area (Å²) < 4.78 is 48.9. The smallest absolute Gasteiger partial charge is 0.416 e. The van der Waals surface area contributed by atoms with Crippen LogP contribution in [0.25, 0.3) is 22.0 Å². The zero-order valence-corrected chi connectivity index (χ0v) is 17.8. The predicted molar refractivity (Wildman–Crippen MR) is 118 cm³/mol. The summed E-state index contributed by atoms with van der Waals surface area (Å²) in [6.45, 7) is 1.80. The van der Waals surface area contributed by atoms with Gasteiger partial charge in [-0.25, -0.2) is 0 Å². The summed E-state index contributed by atoms with van der Waals surface area (Å²) in [4.78, 5) is 16.4. The summed E-state index contributed by atoms with van der Waals surface area (Å²) in [6.07, 6.45) is -4.40. The number of pyridine rings is 1. The van der Waals surface area contributed by atoms with E-state index in [1.165, 1.54) is 19.2 Å². The maximum Gasteiger partial charge on any atom is 0.416 e. The highest BCUT2D eigenvalue weighted by molar-refractivity contribution is 6.32. The molecule has 32 heavy (non-hydrogen) atoms. The summed E-state index contributed by atoms with van der Waals surface area (Å²) in [6, 6.07) is 14.4. The molecule has 0 radical (unpaired) electrons. The maximum absolute atomic E-state index is 13.1. The minimum atomic E-state index is -4.40. The molecule has 0 saturated heterocycles. The van der Waals surface area contributed by atoms with Crippen molar-refractivity contribution in [2.45, 2.75) is 13.1 Å². The van der Waals surface area contributed by atoms with Crippen molar-refractivity contribution in [1.82, 2.24) is 4.98 Å². The first-order chi connectivity index (χ1) is 15.2. The highest BCUT2D eigenvalue weighted by Gasteiger charge is 2.30. The Labute approximate surface area is 186 Å². The number of aromatic nitrogens is 1. The van der Waals surface area contributed by atoms with Gasteiger partial charge in [-0.15, -0.1) is 0 Å². The van der Waals surface area contributed by atoms with Crippen molar-refractivity contribution in [2.24, 2.45) is 0 Å². The monoisotopic (exact) mass is 459 g/mol. The molecule has 4 rings (SSSR count). The van der Waals surface area contributed by atoms with E-state index in [1.807, 2.05) is 0 Å². The minimum absolute atomic E-state index is 0.183. The number of hydrogen-bond acceptors (Lipinski definition) is 3. The van der Waals surface area contributed by atoms with Gasteiger partial charge in [0.15, 0.2) is 5.43 Å². The van der Waals surface area contributed by atoms with E-state index in [-0.39, 0.29) is 11.2 Å². The van der Waals surface area contributed by atoms with Gasteiger partial charge in [0.05, 0.1) is 23.2 Å². The molecule has 0 spiro atoms. The number of H-pyrrole nitrogens is 1. The Morgan fingerprint density at radius 1 is 0.938 bits per heavy atom. The molecule has 1 heterocycles. The normalized spacial score (nSPS) is 11.6. The summed E-state index contributed by atoms with van der Waals surface area (Å²) in [5.41, 5.74) is 1.50. The molecule has 0 aliphatic heterocycles. The highest BCUT2D eigenvalue weighted by atomic mass is 35.5. The Kier molecular flexibility index (Phi) is 5.60. The second kappa shape index (κ2) is 8.24. The van der Waals surface area contributed by atoms with Crippen LogP contribution in [0.5, 0.6) is 17.2 Å². The van der Waals surface area contributed by atoms with E-state index in [9.17, 15) is 18.0 Å². The first kappa shape index (κ1) is 21.8. The van der Waals surface area contributed by atoms with E-state index in [2.05, 4.69) is 4.98 Å². The predicted octanol–water partition coefficient (Wildman–Crippen LogP) is 6.98. The average Bonchev–Trinajstić information content (AvgIpc) is 2.75. The number of nitrogens with one attached hydrogen (secondary N) is 1. The fourth-order valence-electron chi connectivity index (χ4n) is 3.46. The molecule has 8 heteroatoms. The van der Waals surface area contributed by atoms with Crippen LogP contribution in [-0.4, -0.2) is 12.1 Å².